The minimum Gasteiger partial charge on any atom is -0.379 e. The minimum absolute atomic E-state index is 0.150. The largest absolute Gasteiger partial charge is 0.379 e. The van der Waals surface area contributed by atoms with E-state index in [0.29, 0.717) is 13.2 Å². The third-order valence-electron chi connectivity index (χ3n) is 1.68. The zero-order chi connectivity index (χ0) is 9.41. The predicted octanol–water partition coefficient (Wildman–Crippen LogP) is 1.28. The lowest BCUT2D eigenvalue weighted by Crippen LogP contribution is -2.40. The minimum atomic E-state index is -2.03. The quantitative estimate of drug-likeness (QED) is 0.626. The number of hydrogen-bond donors (Lipinski definition) is 0. The summed E-state index contributed by atoms with van der Waals surface area (Å²) in [6, 6.07) is 0. The van der Waals surface area contributed by atoms with Crippen LogP contribution in [0.4, 0.5) is 0 Å². The first kappa shape index (κ1) is 9.99. The summed E-state index contributed by atoms with van der Waals surface area (Å²) >= 11 is 0. The summed E-state index contributed by atoms with van der Waals surface area (Å²) in [5.74, 6) is 0. The molecule has 4 heteroatoms. The SMILES string of the molecule is CC(C)(C)N=S(C)(=O)C1COC1. The fourth-order valence-corrected chi connectivity index (χ4v) is 3.02. The maximum Gasteiger partial charge on any atom is 0.0894 e. The van der Waals surface area contributed by atoms with Gasteiger partial charge < -0.3 is 4.74 Å². The van der Waals surface area contributed by atoms with E-state index in [1.807, 2.05) is 20.8 Å². The standard InChI is InChI=1S/C8H17NO2S/c1-8(2,3)9-12(4,10)7-5-11-6-7/h7H,5-6H2,1-4H3. The van der Waals surface area contributed by atoms with Crippen LogP contribution in [-0.2, 0) is 14.5 Å². The van der Waals surface area contributed by atoms with Gasteiger partial charge in [0, 0.05) is 6.26 Å². The lowest BCUT2D eigenvalue weighted by Gasteiger charge is -2.28. The Labute approximate surface area is 74.7 Å². The van der Waals surface area contributed by atoms with E-state index in [9.17, 15) is 4.21 Å². The Morgan fingerprint density at radius 1 is 1.42 bits per heavy atom. The van der Waals surface area contributed by atoms with Crippen molar-refractivity contribution < 1.29 is 8.95 Å². The van der Waals surface area contributed by atoms with E-state index in [0.717, 1.165) is 0 Å². The van der Waals surface area contributed by atoms with Crippen molar-refractivity contribution in [3.05, 3.63) is 0 Å². The van der Waals surface area contributed by atoms with Crippen LogP contribution in [0.1, 0.15) is 20.8 Å². The van der Waals surface area contributed by atoms with Gasteiger partial charge in [-0.15, -0.1) is 0 Å². The van der Waals surface area contributed by atoms with Crippen molar-refractivity contribution in [2.45, 2.75) is 31.6 Å². The molecule has 1 aliphatic heterocycles. The van der Waals surface area contributed by atoms with Crippen molar-refractivity contribution in [3.63, 3.8) is 0 Å². The van der Waals surface area contributed by atoms with E-state index >= 15 is 0 Å². The average Bonchev–Trinajstić information content (AvgIpc) is 1.45. The molecule has 1 saturated heterocycles. The highest BCUT2D eigenvalue weighted by atomic mass is 32.2. The molecule has 0 aliphatic carbocycles. The lowest BCUT2D eigenvalue weighted by atomic mass is 10.1. The molecule has 1 heterocycles. The van der Waals surface area contributed by atoms with Crippen molar-refractivity contribution in [2.24, 2.45) is 4.36 Å². The maximum absolute atomic E-state index is 11.9. The molecule has 1 unspecified atom stereocenters. The van der Waals surface area contributed by atoms with Crippen molar-refractivity contribution in [2.75, 3.05) is 19.5 Å². The van der Waals surface area contributed by atoms with Gasteiger partial charge in [-0.3, -0.25) is 0 Å². The summed E-state index contributed by atoms with van der Waals surface area (Å²) in [4.78, 5) is 0. The van der Waals surface area contributed by atoms with Crippen molar-refractivity contribution in [1.82, 2.24) is 0 Å². The summed E-state index contributed by atoms with van der Waals surface area (Å²) in [5, 5.41) is 0.150. The molecule has 0 aromatic rings. The van der Waals surface area contributed by atoms with E-state index in [2.05, 4.69) is 4.36 Å². The molecule has 0 bridgehead atoms. The first-order valence-corrected chi connectivity index (χ1v) is 6.10. The molecule has 0 N–H and O–H groups in total. The molecule has 0 saturated carbocycles. The second-order valence-electron chi connectivity index (χ2n) is 4.28. The first-order chi connectivity index (χ1) is 5.31. The second kappa shape index (κ2) is 3.00. The third-order valence-corrected chi connectivity index (χ3v) is 4.10. The van der Waals surface area contributed by atoms with Crippen LogP contribution < -0.4 is 0 Å². The second-order valence-corrected chi connectivity index (χ2v) is 6.85. The molecule has 12 heavy (non-hydrogen) atoms. The highest BCUT2D eigenvalue weighted by Crippen LogP contribution is 2.18. The summed E-state index contributed by atoms with van der Waals surface area (Å²) in [5.41, 5.74) is -0.207. The van der Waals surface area contributed by atoms with Gasteiger partial charge in [-0.2, -0.15) is 0 Å². The molecular formula is C8H17NO2S. The smallest absolute Gasteiger partial charge is 0.0894 e. The van der Waals surface area contributed by atoms with E-state index in [1.54, 1.807) is 6.26 Å². The lowest BCUT2D eigenvalue weighted by molar-refractivity contribution is 0.0430. The maximum atomic E-state index is 11.9. The summed E-state index contributed by atoms with van der Waals surface area (Å²) in [6.07, 6.45) is 1.73. The Kier molecular flexibility index (Phi) is 2.50. The molecule has 1 aliphatic rings. The van der Waals surface area contributed by atoms with Crippen molar-refractivity contribution >= 4 is 9.73 Å². The van der Waals surface area contributed by atoms with Crippen molar-refractivity contribution in [3.8, 4) is 0 Å². The molecular weight excluding hydrogens is 174 g/mol. The number of nitrogens with zero attached hydrogens (tertiary/aromatic N) is 1. The number of ether oxygens (including phenoxy) is 1. The molecule has 0 amide bonds. The van der Waals surface area contributed by atoms with E-state index in [4.69, 9.17) is 4.74 Å². The van der Waals surface area contributed by atoms with Crippen LogP contribution in [0.2, 0.25) is 0 Å². The van der Waals surface area contributed by atoms with Crippen molar-refractivity contribution in [1.29, 1.82) is 0 Å². The first-order valence-electron chi connectivity index (χ1n) is 4.11. The van der Waals surface area contributed by atoms with Crippen LogP contribution in [0.3, 0.4) is 0 Å². The zero-order valence-corrected chi connectivity index (χ0v) is 8.98. The topological polar surface area (TPSA) is 38.7 Å². The summed E-state index contributed by atoms with van der Waals surface area (Å²) in [6.45, 7) is 7.12. The van der Waals surface area contributed by atoms with Crippen LogP contribution in [-0.4, -0.2) is 34.5 Å². The molecule has 0 aromatic heterocycles. The van der Waals surface area contributed by atoms with Gasteiger partial charge in [0.05, 0.1) is 33.7 Å². The van der Waals surface area contributed by atoms with Gasteiger partial charge in [0.2, 0.25) is 0 Å². The van der Waals surface area contributed by atoms with Gasteiger partial charge in [0.25, 0.3) is 0 Å². The molecule has 0 aromatic carbocycles. The number of hydrogen-bond acceptors (Lipinski definition) is 3. The molecule has 1 rings (SSSR count). The Morgan fingerprint density at radius 2 is 1.92 bits per heavy atom. The van der Waals surface area contributed by atoms with Gasteiger partial charge >= 0.3 is 0 Å². The number of rotatable bonds is 1. The highest BCUT2D eigenvalue weighted by molar-refractivity contribution is 7.93. The van der Waals surface area contributed by atoms with Gasteiger partial charge in [0.15, 0.2) is 0 Å². The molecule has 3 nitrogen and oxygen atoms in total. The van der Waals surface area contributed by atoms with Crippen LogP contribution in [0.5, 0.6) is 0 Å². The van der Waals surface area contributed by atoms with Crippen LogP contribution >= 0.6 is 0 Å². The van der Waals surface area contributed by atoms with Gasteiger partial charge in [-0.1, -0.05) is 0 Å². The Hall–Kier alpha value is -0.0900. The average molecular weight is 191 g/mol. The summed E-state index contributed by atoms with van der Waals surface area (Å²) in [7, 11) is -2.03. The van der Waals surface area contributed by atoms with Crippen LogP contribution in [0, 0.1) is 0 Å². The molecule has 0 radical (unpaired) electrons. The third kappa shape index (κ3) is 2.45. The molecule has 72 valence electrons. The molecule has 1 fully saturated rings. The highest BCUT2D eigenvalue weighted by Gasteiger charge is 2.28. The monoisotopic (exact) mass is 191 g/mol. The Bertz CT molecular complexity index is 267. The van der Waals surface area contributed by atoms with E-state index in [1.165, 1.54) is 0 Å². The fraction of sp³-hybridized carbons (Fsp3) is 1.00. The molecule has 0 spiro atoms. The molecule has 1 atom stereocenters. The van der Waals surface area contributed by atoms with Crippen LogP contribution in [0.15, 0.2) is 4.36 Å². The van der Waals surface area contributed by atoms with E-state index in [-0.39, 0.29) is 10.8 Å². The Morgan fingerprint density at radius 3 is 2.17 bits per heavy atom. The van der Waals surface area contributed by atoms with Gasteiger partial charge in [0.1, 0.15) is 0 Å². The predicted molar refractivity (Wildman–Crippen MR) is 50.9 cm³/mol. The summed E-state index contributed by atoms with van der Waals surface area (Å²) < 4.78 is 21.2. The Balaban J connectivity index is 2.83. The van der Waals surface area contributed by atoms with Gasteiger partial charge in [-0.25, -0.2) is 8.57 Å². The fourth-order valence-electron chi connectivity index (χ4n) is 1.08. The normalized spacial score (nSPS) is 24.3. The zero-order valence-electron chi connectivity index (χ0n) is 8.16. The van der Waals surface area contributed by atoms with Gasteiger partial charge in [-0.05, 0) is 20.8 Å². The van der Waals surface area contributed by atoms with Crippen LogP contribution in [0.25, 0.3) is 0 Å². The van der Waals surface area contributed by atoms with E-state index < -0.39 is 9.73 Å².